The molecule has 0 aromatic heterocycles. The number of benzene rings is 1. The van der Waals surface area contributed by atoms with Crippen molar-refractivity contribution in [3.63, 3.8) is 0 Å². The van der Waals surface area contributed by atoms with Crippen molar-refractivity contribution in [3.8, 4) is 0 Å². The van der Waals surface area contributed by atoms with Gasteiger partial charge in [-0.1, -0.05) is 12.1 Å². The molecule has 7 heteroatoms. The first kappa shape index (κ1) is 18.8. The van der Waals surface area contributed by atoms with Gasteiger partial charge in [0.25, 0.3) is 0 Å². The van der Waals surface area contributed by atoms with Crippen molar-refractivity contribution in [2.75, 3.05) is 50.0 Å². The standard InChI is InChI=1S/C17H25N3O3S/c1-19(6-5-17(22)23)13-16(21)18-15-4-2-3-14(11-15)12-20-7-9-24-10-8-20/h2-4,11H,5-10,12-13H2,1H3,(H,18,21)(H,22,23). The molecule has 1 aliphatic rings. The van der Waals surface area contributed by atoms with E-state index in [0.717, 1.165) is 25.3 Å². The van der Waals surface area contributed by atoms with E-state index in [-0.39, 0.29) is 18.9 Å². The fourth-order valence-electron chi connectivity index (χ4n) is 2.58. The van der Waals surface area contributed by atoms with Crippen molar-refractivity contribution < 1.29 is 14.7 Å². The van der Waals surface area contributed by atoms with Crippen molar-refractivity contribution in [2.45, 2.75) is 13.0 Å². The van der Waals surface area contributed by atoms with Crippen molar-refractivity contribution in [1.29, 1.82) is 0 Å². The third kappa shape index (κ3) is 6.90. The van der Waals surface area contributed by atoms with Crippen LogP contribution >= 0.6 is 11.8 Å². The normalized spacial score (nSPS) is 15.4. The van der Waals surface area contributed by atoms with Crippen molar-refractivity contribution in [3.05, 3.63) is 29.8 Å². The minimum absolute atomic E-state index is 0.0351. The summed E-state index contributed by atoms with van der Waals surface area (Å²) in [6, 6.07) is 7.93. The highest BCUT2D eigenvalue weighted by Crippen LogP contribution is 2.16. The van der Waals surface area contributed by atoms with E-state index in [1.165, 1.54) is 17.1 Å². The number of thioether (sulfide) groups is 1. The predicted molar refractivity (Wildman–Crippen MR) is 97.4 cm³/mol. The van der Waals surface area contributed by atoms with Crippen LogP contribution in [0.4, 0.5) is 5.69 Å². The van der Waals surface area contributed by atoms with Crippen molar-refractivity contribution in [1.82, 2.24) is 9.80 Å². The maximum absolute atomic E-state index is 12.1. The number of carboxylic acids is 1. The lowest BCUT2D eigenvalue weighted by Gasteiger charge is -2.26. The van der Waals surface area contributed by atoms with Gasteiger partial charge in [0.05, 0.1) is 13.0 Å². The van der Waals surface area contributed by atoms with Crippen LogP contribution in [0.2, 0.25) is 0 Å². The number of hydrogen-bond acceptors (Lipinski definition) is 5. The van der Waals surface area contributed by atoms with E-state index in [9.17, 15) is 9.59 Å². The Morgan fingerprint density at radius 2 is 2.08 bits per heavy atom. The van der Waals surface area contributed by atoms with Crippen LogP contribution in [0, 0.1) is 0 Å². The number of aliphatic carboxylic acids is 1. The van der Waals surface area contributed by atoms with Gasteiger partial charge >= 0.3 is 5.97 Å². The van der Waals surface area contributed by atoms with E-state index >= 15 is 0 Å². The second-order valence-electron chi connectivity index (χ2n) is 6.02. The number of carboxylic acid groups (broad SMARTS) is 1. The minimum Gasteiger partial charge on any atom is -0.481 e. The van der Waals surface area contributed by atoms with E-state index in [1.807, 2.05) is 30.0 Å². The van der Waals surface area contributed by atoms with Gasteiger partial charge in [0, 0.05) is 43.4 Å². The molecule has 0 saturated carbocycles. The molecule has 1 heterocycles. The summed E-state index contributed by atoms with van der Waals surface area (Å²) < 4.78 is 0. The van der Waals surface area contributed by atoms with Gasteiger partial charge in [-0.3, -0.25) is 19.4 Å². The van der Waals surface area contributed by atoms with Gasteiger partial charge in [-0.25, -0.2) is 0 Å². The molecule has 0 unspecified atom stereocenters. The summed E-state index contributed by atoms with van der Waals surface area (Å²) in [6.07, 6.45) is 0.0351. The Kier molecular flexibility index (Phi) is 7.55. The van der Waals surface area contributed by atoms with E-state index in [0.29, 0.717) is 6.54 Å². The van der Waals surface area contributed by atoms with Crippen LogP contribution in [-0.4, -0.2) is 71.5 Å². The number of anilines is 1. The van der Waals surface area contributed by atoms with E-state index in [4.69, 9.17) is 5.11 Å². The zero-order valence-electron chi connectivity index (χ0n) is 14.0. The van der Waals surface area contributed by atoms with E-state index in [2.05, 4.69) is 16.3 Å². The van der Waals surface area contributed by atoms with E-state index in [1.54, 1.807) is 11.9 Å². The lowest BCUT2D eigenvalue weighted by molar-refractivity contribution is -0.137. The van der Waals surface area contributed by atoms with Crippen LogP contribution in [0.15, 0.2) is 24.3 Å². The molecule has 1 amide bonds. The molecular formula is C17H25N3O3S. The zero-order valence-corrected chi connectivity index (χ0v) is 14.8. The molecule has 1 fully saturated rings. The largest absolute Gasteiger partial charge is 0.481 e. The zero-order chi connectivity index (χ0) is 17.4. The van der Waals surface area contributed by atoms with Crippen LogP contribution in [0.25, 0.3) is 0 Å². The lowest BCUT2D eigenvalue weighted by Crippen LogP contribution is -2.32. The highest BCUT2D eigenvalue weighted by molar-refractivity contribution is 7.99. The summed E-state index contributed by atoms with van der Waals surface area (Å²) in [4.78, 5) is 26.7. The second-order valence-corrected chi connectivity index (χ2v) is 7.24. The van der Waals surface area contributed by atoms with Crippen LogP contribution in [-0.2, 0) is 16.1 Å². The monoisotopic (exact) mass is 351 g/mol. The van der Waals surface area contributed by atoms with Gasteiger partial charge in [0.1, 0.15) is 0 Å². The molecule has 0 radical (unpaired) electrons. The first-order chi connectivity index (χ1) is 11.5. The first-order valence-corrected chi connectivity index (χ1v) is 9.27. The molecule has 24 heavy (non-hydrogen) atoms. The smallest absolute Gasteiger partial charge is 0.304 e. The summed E-state index contributed by atoms with van der Waals surface area (Å²) in [5, 5.41) is 11.6. The average molecular weight is 351 g/mol. The van der Waals surface area contributed by atoms with Gasteiger partial charge in [-0.05, 0) is 24.7 Å². The third-order valence-electron chi connectivity index (χ3n) is 3.84. The quantitative estimate of drug-likeness (QED) is 0.741. The van der Waals surface area contributed by atoms with Crippen LogP contribution in [0.3, 0.4) is 0 Å². The Morgan fingerprint density at radius 3 is 2.79 bits per heavy atom. The Morgan fingerprint density at radius 1 is 1.33 bits per heavy atom. The number of hydrogen-bond donors (Lipinski definition) is 2. The molecule has 0 aliphatic carbocycles. The predicted octanol–water partition coefficient (Wildman–Crippen LogP) is 1.58. The van der Waals surface area contributed by atoms with Gasteiger partial charge in [-0.2, -0.15) is 11.8 Å². The van der Waals surface area contributed by atoms with Crippen LogP contribution < -0.4 is 5.32 Å². The first-order valence-electron chi connectivity index (χ1n) is 8.12. The summed E-state index contributed by atoms with van der Waals surface area (Å²) in [5.41, 5.74) is 1.98. The number of nitrogens with zero attached hydrogens (tertiary/aromatic N) is 2. The summed E-state index contributed by atoms with van der Waals surface area (Å²) in [7, 11) is 1.74. The number of carbonyl (C=O) groups excluding carboxylic acids is 1. The number of amides is 1. The molecule has 0 atom stereocenters. The molecule has 1 aromatic rings. The van der Waals surface area contributed by atoms with Gasteiger partial charge in [-0.15, -0.1) is 0 Å². The molecular weight excluding hydrogens is 326 g/mol. The third-order valence-corrected chi connectivity index (χ3v) is 4.78. The van der Waals surface area contributed by atoms with Gasteiger partial charge in [0.15, 0.2) is 0 Å². The molecule has 132 valence electrons. The van der Waals surface area contributed by atoms with Crippen molar-refractivity contribution >= 4 is 29.3 Å². The molecule has 1 saturated heterocycles. The Bertz CT molecular complexity index is 562. The number of nitrogens with one attached hydrogen (secondary N) is 1. The Balaban J connectivity index is 1.82. The number of carbonyl (C=O) groups is 2. The molecule has 2 N–H and O–H groups in total. The Hall–Kier alpha value is -1.57. The number of likely N-dealkylation sites (N-methyl/N-ethyl adjacent to an activating group) is 1. The summed E-state index contributed by atoms with van der Waals surface area (Å²) >= 11 is 1.99. The average Bonchev–Trinajstić information content (AvgIpc) is 2.54. The maximum Gasteiger partial charge on any atom is 0.304 e. The fourth-order valence-corrected chi connectivity index (χ4v) is 3.55. The lowest BCUT2D eigenvalue weighted by atomic mass is 10.2. The van der Waals surface area contributed by atoms with Gasteiger partial charge in [0.2, 0.25) is 5.91 Å². The maximum atomic E-state index is 12.1. The topological polar surface area (TPSA) is 72.9 Å². The molecule has 1 aromatic carbocycles. The minimum atomic E-state index is -0.855. The second kappa shape index (κ2) is 9.66. The van der Waals surface area contributed by atoms with Crippen LogP contribution in [0.5, 0.6) is 0 Å². The molecule has 6 nitrogen and oxygen atoms in total. The van der Waals surface area contributed by atoms with Gasteiger partial charge < -0.3 is 10.4 Å². The highest BCUT2D eigenvalue weighted by Gasteiger charge is 2.12. The Labute approximate surface area is 147 Å². The van der Waals surface area contributed by atoms with E-state index < -0.39 is 5.97 Å². The molecule has 2 rings (SSSR count). The fraction of sp³-hybridized carbons (Fsp3) is 0.529. The molecule has 0 spiro atoms. The summed E-state index contributed by atoms with van der Waals surface area (Å²) in [5.74, 6) is 1.37. The molecule has 0 bridgehead atoms. The molecule has 1 aliphatic heterocycles. The SMILES string of the molecule is CN(CCC(=O)O)CC(=O)Nc1cccc(CN2CCSCC2)c1. The number of rotatable bonds is 8. The van der Waals surface area contributed by atoms with Crippen molar-refractivity contribution in [2.24, 2.45) is 0 Å². The summed E-state index contributed by atoms with van der Waals surface area (Å²) in [6.45, 7) is 3.66. The van der Waals surface area contributed by atoms with Crippen LogP contribution in [0.1, 0.15) is 12.0 Å². The highest BCUT2D eigenvalue weighted by atomic mass is 32.2.